The molecule has 0 aliphatic heterocycles. The molecule has 0 fully saturated rings. The highest BCUT2D eigenvalue weighted by molar-refractivity contribution is 5.31. The molecule has 0 aliphatic rings. The topological polar surface area (TPSA) is 20.2 Å². The largest absolute Gasteiger partial charge is 0.416 e. The van der Waals surface area contributed by atoms with Gasteiger partial charge in [-0.15, -0.1) is 6.58 Å². The van der Waals surface area contributed by atoms with E-state index in [1.54, 1.807) is 0 Å². The molecular weight excluding hydrogens is 205 g/mol. The molecule has 0 saturated carbocycles. The summed E-state index contributed by atoms with van der Waals surface area (Å²) in [4.78, 5) is 0. The summed E-state index contributed by atoms with van der Waals surface area (Å²) in [5, 5.41) is 9.49. The summed E-state index contributed by atoms with van der Waals surface area (Å²) in [5.41, 5.74) is -0.899. The number of benzene rings is 1. The van der Waals surface area contributed by atoms with Crippen molar-refractivity contribution in [2.24, 2.45) is 0 Å². The van der Waals surface area contributed by atoms with Crippen molar-refractivity contribution in [1.82, 2.24) is 0 Å². The van der Waals surface area contributed by atoms with Crippen molar-refractivity contribution >= 4 is 0 Å². The molecule has 1 N–H and O–H groups in total. The second kappa shape index (κ2) is 4.49. The third kappa shape index (κ3) is 2.83. The number of rotatable bonds is 3. The fourth-order valence-electron chi connectivity index (χ4n) is 1.33. The number of aliphatic hydroxyl groups excluding tert-OH is 1. The second-order valence-corrected chi connectivity index (χ2v) is 3.13. The van der Waals surface area contributed by atoms with E-state index in [-0.39, 0.29) is 12.0 Å². The van der Waals surface area contributed by atoms with Gasteiger partial charge in [-0.2, -0.15) is 13.2 Å². The zero-order chi connectivity index (χ0) is 11.5. The van der Waals surface area contributed by atoms with Crippen molar-refractivity contribution in [3.05, 3.63) is 48.0 Å². The Balaban J connectivity index is 3.12. The van der Waals surface area contributed by atoms with E-state index in [0.717, 1.165) is 6.07 Å². The lowest BCUT2D eigenvalue weighted by molar-refractivity contribution is -0.139. The van der Waals surface area contributed by atoms with Gasteiger partial charge in [-0.1, -0.05) is 24.3 Å². The third-order valence-electron chi connectivity index (χ3n) is 2.02. The van der Waals surface area contributed by atoms with Gasteiger partial charge in [0.25, 0.3) is 0 Å². The van der Waals surface area contributed by atoms with E-state index in [1.807, 2.05) is 0 Å². The number of alkyl halides is 3. The Morgan fingerprint density at radius 3 is 2.47 bits per heavy atom. The Labute approximate surface area is 85.9 Å². The highest BCUT2D eigenvalue weighted by Gasteiger charge is 2.34. The first kappa shape index (κ1) is 11.8. The van der Waals surface area contributed by atoms with Crippen LogP contribution in [0.2, 0.25) is 0 Å². The van der Waals surface area contributed by atoms with Crippen LogP contribution in [0, 0.1) is 0 Å². The smallest absolute Gasteiger partial charge is 0.388 e. The molecule has 82 valence electrons. The molecule has 1 rings (SSSR count). The first-order chi connectivity index (χ1) is 6.96. The quantitative estimate of drug-likeness (QED) is 0.768. The van der Waals surface area contributed by atoms with Gasteiger partial charge in [-0.05, 0) is 18.1 Å². The maximum atomic E-state index is 12.5. The van der Waals surface area contributed by atoms with Crippen LogP contribution in [0.1, 0.15) is 23.7 Å². The van der Waals surface area contributed by atoms with E-state index < -0.39 is 17.8 Å². The van der Waals surface area contributed by atoms with Crippen molar-refractivity contribution in [3.63, 3.8) is 0 Å². The maximum absolute atomic E-state index is 12.5. The number of aliphatic hydroxyl groups is 1. The molecule has 0 heterocycles. The van der Waals surface area contributed by atoms with Gasteiger partial charge in [-0.3, -0.25) is 0 Å². The average molecular weight is 216 g/mol. The van der Waals surface area contributed by atoms with Crippen molar-refractivity contribution in [2.75, 3.05) is 0 Å². The molecule has 0 bridgehead atoms. The molecule has 0 spiro atoms. The van der Waals surface area contributed by atoms with Crippen molar-refractivity contribution in [2.45, 2.75) is 18.7 Å². The first-order valence-corrected chi connectivity index (χ1v) is 4.42. The van der Waals surface area contributed by atoms with E-state index in [2.05, 4.69) is 6.58 Å². The monoisotopic (exact) mass is 216 g/mol. The van der Waals surface area contributed by atoms with Gasteiger partial charge < -0.3 is 5.11 Å². The molecule has 0 aliphatic carbocycles. The molecule has 1 aromatic rings. The Bertz CT molecular complexity index is 344. The summed E-state index contributed by atoms with van der Waals surface area (Å²) in [7, 11) is 0. The lowest BCUT2D eigenvalue weighted by Gasteiger charge is -2.16. The van der Waals surface area contributed by atoms with Crippen LogP contribution in [0.3, 0.4) is 0 Å². The van der Waals surface area contributed by atoms with E-state index in [1.165, 1.54) is 24.3 Å². The SMILES string of the molecule is C=CCC(O)c1ccccc1C(F)(F)F. The molecule has 1 nitrogen and oxygen atoms in total. The number of halogens is 3. The van der Waals surface area contributed by atoms with Gasteiger partial charge in [0.05, 0.1) is 11.7 Å². The minimum Gasteiger partial charge on any atom is -0.388 e. The average Bonchev–Trinajstić information content (AvgIpc) is 2.17. The summed E-state index contributed by atoms with van der Waals surface area (Å²) < 4.78 is 37.5. The molecule has 1 aromatic carbocycles. The summed E-state index contributed by atoms with van der Waals surface area (Å²) >= 11 is 0. The molecular formula is C11H11F3O. The van der Waals surface area contributed by atoms with Crippen molar-refractivity contribution in [3.8, 4) is 0 Å². The molecule has 4 heteroatoms. The van der Waals surface area contributed by atoms with Gasteiger partial charge in [0.15, 0.2) is 0 Å². The molecule has 15 heavy (non-hydrogen) atoms. The summed E-state index contributed by atoms with van der Waals surface area (Å²) in [6.07, 6.45) is -4.09. The van der Waals surface area contributed by atoms with Crippen LogP contribution in [0.5, 0.6) is 0 Å². The minimum atomic E-state index is -4.43. The Morgan fingerprint density at radius 2 is 1.93 bits per heavy atom. The lowest BCUT2D eigenvalue weighted by atomic mass is 10.00. The van der Waals surface area contributed by atoms with Crippen LogP contribution in [-0.4, -0.2) is 5.11 Å². The molecule has 1 atom stereocenters. The van der Waals surface area contributed by atoms with Crippen LogP contribution in [0.25, 0.3) is 0 Å². The van der Waals surface area contributed by atoms with Crippen LogP contribution >= 0.6 is 0 Å². The molecule has 0 amide bonds. The Morgan fingerprint density at radius 1 is 1.33 bits per heavy atom. The van der Waals surface area contributed by atoms with Crippen molar-refractivity contribution in [1.29, 1.82) is 0 Å². The fourth-order valence-corrected chi connectivity index (χ4v) is 1.33. The van der Waals surface area contributed by atoms with Gasteiger partial charge in [-0.25, -0.2) is 0 Å². The zero-order valence-corrected chi connectivity index (χ0v) is 7.96. The van der Waals surface area contributed by atoms with Gasteiger partial charge in [0.1, 0.15) is 0 Å². The Kier molecular flexibility index (Phi) is 3.52. The van der Waals surface area contributed by atoms with E-state index >= 15 is 0 Å². The standard InChI is InChI=1S/C11H11F3O/c1-2-5-10(15)8-6-3-4-7-9(8)11(12,13)14/h2-4,6-7,10,15H,1,5H2. The highest BCUT2D eigenvalue weighted by Crippen LogP contribution is 2.35. The van der Waals surface area contributed by atoms with Crippen LogP contribution < -0.4 is 0 Å². The van der Waals surface area contributed by atoms with Crippen LogP contribution in [-0.2, 0) is 6.18 Å². The van der Waals surface area contributed by atoms with Crippen LogP contribution in [0.15, 0.2) is 36.9 Å². The van der Waals surface area contributed by atoms with E-state index in [4.69, 9.17) is 0 Å². The fraction of sp³-hybridized carbons (Fsp3) is 0.273. The summed E-state index contributed by atoms with van der Waals surface area (Å²) in [6, 6.07) is 5.00. The zero-order valence-electron chi connectivity index (χ0n) is 7.96. The van der Waals surface area contributed by atoms with E-state index in [9.17, 15) is 18.3 Å². The molecule has 1 unspecified atom stereocenters. The minimum absolute atomic E-state index is 0.104. The lowest BCUT2D eigenvalue weighted by Crippen LogP contribution is -2.11. The van der Waals surface area contributed by atoms with Gasteiger partial charge >= 0.3 is 6.18 Å². The van der Waals surface area contributed by atoms with Crippen LogP contribution in [0.4, 0.5) is 13.2 Å². The Hall–Kier alpha value is -1.29. The summed E-state index contributed by atoms with van der Waals surface area (Å²) in [5.74, 6) is 0. The first-order valence-electron chi connectivity index (χ1n) is 4.42. The predicted molar refractivity (Wildman–Crippen MR) is 51.2 cm³/mol. The predicted octanol–water partition coefficient (Wildman–Crippen LogP) is 3.31. The van der Waals surface area contributed by atoms with Crippen molar-refractivity contribution < 1.29 is 18.3 Å². The van der Waals surface area contributed by atoms with Gasteiger partial charge in [0, 0.05) is 0 Å². The molecule has 0 saturated heterocycles. The second-order valence-electron chi connectivity index (χ2n) is 3.13. The highest BCUT2D eigenvalue weighted by atomic mass is 19.4. The maximum Gasteiger partial charge on any atom is 0.416 e. The molecule has 0 radical (unpaired) electrons. The number of hydrogen-bond donors (Lipinski definition) is 1. The number of hydrogen-bond acceptors (Lipinski definition) is 1. The van der Waals surface area contributed by atoms with Gasteiger partial charge in [0.2, 0.25) is 0 Å². The van der Waals surface area contributed by atoms with E-state index in [0.29, 0.717) is 0 Å². The normalized spacial score (nSPS) is 13.6. The third-order valence-corrected chi connectivity index (χ3v) is 2.02. The molecule has 0 aromatic heterocycles. The summed E-state index contributed by atoms with van der Waals surface area (Å²) in [6.45, 7) is 3.38.